The second kappa shape index (κ2) is 6.80. The lowest BCUT2D eigenvalue weighted by Gasteiger charge is -2.33. The molecule has 1 aliphatic heterocycles. The van der Waals surface area contributed by atoms with E-state index in [1.54, 1.807) is 7.11 Å². The fourth-order valence-electron chi connectivity index (χ4n) is 4.22. The van der Waals surface area contributed by atoms with Gasteiger partial charge in [-0.2, -0.15) is 0 Å². The molecule has 0 radical (unpaired) electrons. The molecule has 22 heavy (non-hydrogen) atoms. The molecule has 4 heteroatoms. The van der Waals surface area contributed by atoms with Gasteiger partial charge in [-0.25, -0.2) is 0 Å². The number of aliphatic carboxylic acids is 1. The third-order valence-corrected chi connectivity index (χ3v) is 5.17. The second-order valence-electron chi connectivity index (χ2n) is 6.63. The molecule has 0 aromatic heterocycles. The van der Waals surface area contributed by atoms with Gasteiger partial charge in [-0.1, -0.05) is 37.1 Å². The highest BCUT2D eigenvalue weighted by atomic mass is 16.5. The molecule has 1 saturated carbocycles. The molecule has 1 aliphatic carbocycles. The number of carbonyl (C=O) groups is 1. The molecule has 0 amide bonds. The lowest BCUT2D eigenvalue weighted by atomic mass is 9.84. The van der Waals surface area contributed by atoms with Crippen molar-refractivity contribution in [3.05, 3.63) is 35.4 Å². The van der Waals surface area contributed by atoms with Crippen LogP contribution in [-0.4, -0.2) is 35.2 Å². The lowest BCUT2D eigenvalue weighted by molar-refractivity contribution is -0.142. The Morgan fingerprint density at radius 2 is 2.09 bits per heavy atom. The largest absolute Gasteiger partial charge is 0.480 e. The number of methoxy groups -OCH3 is 1. The zero-order valence-corrected chi connectivity index (χ0v) is 13.2. The number of carboxylic acid groups (broad SMARTS) is 1. The third kappa shape index (κ3) is 3.18. The van der Waals surface area contributed by atoms with Gasteiger partial charge >= 0.3 is 5.97 Å². The van der Waals surface area contributed by atoms with Crippen LogP contribution >= 0.6 is 0 Å². The average Bonchev–Trinajstić information content (AvgIpc) is 2.87. The molecule has 3 atom stereocenters. The third-order valence-electron chi connectivity index (χ3n) is 5.17. The number of hydrogen-bond acceptors (Lipinski definition) is 3. The second-order valence-corrected chi connectivity index (χ2v) is 6.63. The van der Waals surface area contributed by atoms with E-state index in [-0.39, 0.29) is 6.04 Å². The molecule has 0 spiro atoms. The summed E-state index contributed by atoms with van der Waals surface area (Å²) in [4.78, 5) is 13.9. The summed E-state index contributed by atoms with van der Waals surface area (Å²) in [5, 5.41) is 9.59. The molecule has 1 aromatic rings. The molecule has 1 saturated heterocycles. The SMILES string of the molecule is COCc1cccc(CN2C(C(=O)O)CC3CCCCC32)c1. The van der Waals surface area contributed by atoms with E-state index < -0.39 is 5.97 Å². The Bertz CT molecular complexity index is 531. The monoisotopic (exact) mass is 303 g/mol. The minimum Gasteiger partial charge on any atom is -0.480 e. The van der Waals surface area contributed by atoms with Gasteiger partial charge in [-0.3, -0.25) is 9.69 Å². The molecule has 4 nitrogen and oxygen atoms in total. The summed E-state index contributed by atoms with van der Waals surface area (Å²) in [6.45, 7) is 1.33. The van der Waals surface area contributed by atoms with Crippen LogP contribution in [0.3, 0.4) is 0 Å². The standard InChI is InChI=1S/C18H25NO3/c1-22-12-14-6-4-5-13(9-14)11-19-16-8-3-2-7-15(16)10-17(19)18(20)21/h4-6,9,15-17H,2-3,7-8,10-12H2,1H3,(H,20,21). The Labute approximate surface area is 132 Å². The Balaban J connectivity index is 1.78. The maximum Gasteiger partial charge on any atom is 0.320 e. The molecular weight excluding hydrogens is 278 g/mol. The number of rotatable bonds is 5. The van der Waals surface area contributed by atoms with E-state index in [4.69, 9.17) is 4.74 Å². The molecule has 120 valence electrons. The molecule has 3 unspecified atom stereocenters. The maximum absolute atomic E-state index is 11.7. The number of nitrogens with zero attached hydrogens (tertiary/aromatic N) is 1. The minimum atomic E-state index is -0.664. The van der Waals surface area contributed by atoms with E-state index >= 15 is 0 Å². The summed E-state index contributed by atoms with van der Waals surface area (Å²) >= 11 is 0. The van der Waals surface area contributed by atoms with Crippen LogP contribution < -0.4 is 0 Å². The number of benzene rings is 1. The minimum absolute atomic E-state index is 0.320. The first-order valence-corrected chi connectivity index (χ1v) is 8.24. The summed E-state index contributed by atoms with van der Waals surface area (Å²) in [7, 11) is 1.69. The van der Waals surface area contributed by atoms with Crippen molar-refractivity contribution in [2.45, 2.75) is 57.3 Å². The summed E-state index contributed by atoms with van der Waals surface area (Å²) in [6.07, 6.45) is 5.64. The Hall–Kier alpha value is -1.39. The van der Waals surface area contributed by atoms with Crippen LogP contribution in [0, 0.1) is 5.92 Å². The number of likely N-dealkylation sites (tertiary alicyclic amines) is 1. The van der Waals surface area contributed by atoms with Gasteiger partial charge in [0.05, 0.1) is 6.61 Å². The Morgan fingerprint density at radius 1 is 1.32 bits per heavy atom. The van der Waals surface area contributed by atoms with Crippen molar-refractivity contribution in [2.75, 3.05) is 7.11 Å². The van der Waals surface area contributed by atoms with E-state index in [1.165, 1.54) is 24.8 Å². The summed E-state index contributed by atoms with van der Waals surface area (Å²) < 4.78 is 5.19. The Kier molecular flexibility index (Phi) is 4.79. The quantitative estimate of drug-likeness (QED) is 0.908. The maximum atomic E-state index is 11.7. The molecular formula is C18H25NO3. The van der Waals surface area contributed by atoms with E-state index in [9.17, 15) is 9.90 Å². The molecule has 3 rings (SSSR count). The van der Waals surface area contributed by atoms with E-state index in [1.807, 2.05) is 6.07 Å². The average molecular weight is 303 g/mol. The molecule has 1 aromatic carbocycles. The number of fused-ring (bicyclic) bond motifs is 1. The van der Waals surface area contributed by atoms with Crippen LogP contribution in [0.1, 0.15) is 43.2 Å². The number of hydrogen-bond donors (Lipinski definition) is 1. The summed E-state index contributed by atoms with van der Waals surface area (Å²) in [6, 6.07) is 8.44. The lowest BCUT2D eigenvalue weighted by Crippen LogP contribution is -2.41. The fraction of sp³-hybridized carbons (Fsp3) is 0.611. The highest BCUT2D eigenvalue weighted by molar-refractivity contribution is 5.74. The van der Waals surface area contributed by atoms with Gasteiger partial charge in [0.2, 0.25) is 0 Å². The Morgan fingerprint density at radius 3 is 2.86 bits per heavy atom. The smallest absolute Gasteiger partial charge is 0.320 e. The number of carboxylic acids is 1. The fourth-order valence-corrected chi connectivity index (χ4v) is 4.22. The predicted octanol–water partition coefficient (Wildman–Crippen LogP) is 3.05. The van der Waals surface area contributed by atoms with Crippen LogP contribution in [0.2, 0.25) is 0 Å². The van der Waals surface area contributed by atoms with Gasteiger partial charge in [0.15, 0.2) is 0 Å². The summed E-state index contributed by atoms with van der Waals surface area (Å²) in [5.74, 6) is -0.0977. The van der Waals surface area contributed by atoms with Gasteiger partial charge < -0.3 is 9.84 Å². The molecule has 0 bridgehead atoms. The van der Waals surface area contributed by atoms with Crippen molar-refractivity contribution in [3.63, 3.8) is 0 Å². The zero-order chi connectivity index (χ0) is 15.5. The van der Waals surface area contributed by atoms with Gasteiger partial charge in [-0.05, 0) is 36.3 Å². The highest BCUT2D eigenvalue weighted by Crippen LogP contribution is 2.40. The van der Waals surface area contributed by atoms with Crippen molar-refractivity contribution in [1.82, 2.24) is 4.90 Å². The van der Waals surface area contributed by atoms with Crippen LogP contribution in [0.5, 0.6) is 0 Å². The van der Waals surface area contributed by atoms with E-state index in [0.29, 0.717) is 18.6 Å². The van der Waals surface area contributed by atoms with Crippen LogP contribution in [0.15, 0.2) is 24.3 Å². The predicted molar refractivity (Wildman–Crippen MR) is 84.5 cm³/mol. The van der Waals surface area contributed by atoms with Crippen LogP contribution in [0.25, 0.3) is 0 Å². The zero-order valence-electron chi connectivity index (χ0n) is 13.2. The van der Waals surface area contributed by atoms with Gasteiger partial charge in [0.1, 0.15) is 6.04 Å². The molecule has 2 aliphatic rings. The molecule has 2 fully saturated rings. The van der Waals surface area contributed by atoms with Crippen LogP contribution in [0.4, 0.5) is 0 Å². The summed E-state index contributed by atoms with van der Waals surface area (Å²) in [5.41, 5.74) is 2.33. The van der Waals surface area contributed by atoms with Crippen molar-refractivity contribution >= 4 is 5.97 Å². The van der Waals surface area contributed by atoms with Crippen molar-refractivity contribution in [2.24, 2.45) is 5.92 Å². The molecule has 1 heterocycles. The van der Waals surface area contributed by atoms with Crippen molar-refractivity contribution in [1.29, 1.82) is 0 Å². The van der Waals surface area contributed by atoms with Crippen LogP contribution in [-0.2, 0) is 22.7 Å². The van der Waals surface area contributed by atoms with Gasteiger partial charge in [-0.15, -0.1) is 0 Å². The first-order valence-electron chi connectivity index (χ1n) is 8.24. The van der Waals surface area contributed by atoms with E-state index in [0.717, 1.165) is 24.9 Å². The van der Waals surface area contributed by atoms with Crippen molar-refractivity contribution < 1.29 is 14.6 Å². The highest BCUT2D eigenvalue weighted by Gasteiger charge is 2.44. The molecule has 1 N–H and O–H groups in total. The van der Waals surface area contributed by atoms with Gasteiger partial charge in [0.25, 0.3) is 0 Å². The normalized spacial score (nSPS) is 28.5. The van der Waals surface area contributed by atoms with E-state index in [2.05, 4.69) is 23.1 Å². The first kappa shape index (κ1) is 15.5. The van der Waals surface area contributed by atoms with Crippen molar-refractivity contribution in [3.8, 4) is 0 Å². The first-order chi connectivity index (χ1) is 10.7. The van der Waals surface area contributed by atoms with Gasteiger partial charge in [0, 0.05) is 19.7 Å². The topological polar surface area (TPSA) is 49.8 Å². The number of ether oxygens (including phenoxy) is 1.